The van der Waals surface area contributed by atoms with E-state index >= 15 is 0 Å². The van der Waals surface area contributed by atoms with Crippen molar-refractivity contribution in [3.05, 3.63) is 53.0 Å². The van der Waals surface area contributed by atoms with E-state index in [0.717, 1.165) is 5.57 Å². The molecule has 124 valence electrons. The van der Waals surface area contributed by atoms with Gasteiger partial charge in [-0.05, 0) is 25.0 Å². The number of benzene rings is 1. The van der Waals surface area contributed by atoms with Crippen LogP contribution in [-0.2, 0) is 11.2 Å². The lowest BCUT2D eigenvalue weighted by molar-refractivity contribution is 0.0874. The Bertz CT molecular complexity index is 831. The minimum absolute atomic E-state index is 0.0381. The molecule has 2 unspecified atom stereocenters. The number of fused-ring (bicyclic) bond motifs is 3. The Morgan fingerprint density at radius 1 is 1.42 bits per heavy atom. The van der Waals surface area contributed by atoms with Crippen LogP contribution in [0.3, 0.4) is 0 Å². The second-order valence-corrected chi connectivity index (χ2v) is 6.32. The smallest absolute Gasteiger partial charge is 0.181 e. The van der Waals surface area contributed by atoms with Gasteiger partial charge in [0.25, 0.3) is 0 Å². The number of phenols is 1. The van der Waals surface area contributed by atoms with Gasteiger partial charge in [-0.25, -0.2) is 0 Å². The van der Waals surface area contributed by atoms with Crippen LogP contribution in [0.5, 0.6) is 17.2 Å². The van der Waals surface area contributed by atoms with Crippen molar-refractivity contribution in [1.29, 1.82) is 0 Å². The normalized spacial score (nSPS) is 23.8. The summed E-state index contributed by atoms with van der Waals surface area (Å²) < 4.78 is 17.1. The van der Waals surface area contributed by atoms with Gasteiger partial charge in [0.1, 0.15) is 28.9 Å². The largest absolute Gasteiger partial charge is 0.507 e. The van der Waals surface area contributed by atoms with Crippen molar-refractivity contribution in [2.24, 2.45) is 5.92 Å². The first-order chi connectivity index (χ1) is 11.5. The predicted octanol–water partition coefficient (Wildman–Crippen LogP) is 3.28. The Morgan fingerprint density at radius 2 is 2.21 bits per heavy atom. The van der Waals surface area contributed by atoms with Crippen LogP contribution >= 0.6 is 0 Å². The molecule has 1 aromatic carbocycles. The third-order valence-corrected chi connectivity index (χ3v) is 4.74. The highest BCUT2D eigenvalue weighted by Crippen LogP contribution is 2.49. The summed E-state index contributed by atoms with van der Waals surface area (Å²) in [6, 6.07) is 1.68. The van der Waals surface area contributed by atoms with Crippen LogP contribution < -0.4 is 9.47 Å². The van der Waals surface area contributed by atoms with Crippen molar-refractivity contribution in [3.8, 4) is 17.2 Å². The fourth-order valence-electron chi connectivity index (χ4n) is 3.42. The van der Waals surface area contributed by atoms with Gasteiger partial charge in [0, 0.05) is 18.1 Å². The molecule has 0 amide bonds. The van der Waals surface area contributed by atoms with Crippen LogP contribution in [0.25, 0.3) is 0 Å². The summed E-state index contributed by atoms with van der Waals surface area (Å²) in [4.78, 5) is 12.9. The number of ether oxygens (including phenoxy) is 3. The molecule has 0 radical (unpaired) electrons. The van der Waals surface area contributed by atoms with Gasteiger partial charge in [-0.1, -0.05) is 12.7 Å². The van der Waals surface area contributed by atoms with Crippen molar-refractivity contribution in [3.63, 3.8) is 0 Å². The molecule has 0 bridgehead atoms. The van der Waals surface area contributed by atoms with Gasteiger partial charge in [-0.2, -0.15) is 0 Å². The molecule has 0 aromatic heterocycles. The average molecular weight is 326 g/mol. The minimum Gasteiger partial charge on any atom is -0.507 e. The van der Waals surface area contributed by atoms with E-state index in [9.17, 15) is 9.90 Å². The van der Waals surface area contributed by atoms with Crippen LogP contribution in [0.1, 0.15) is 29.3 Å². The van der Waals surface area contributed by atoms with Crippen molar-refractivity contribution < 1.29 is 24.1 Å². The Balaban J connectivity index is 1.84. The van der Waals surface area contributed by atoms with E-state index in [0.29, 0.717) is 41.4 Å². The summed E-state index contributed by atoms with van der Waals surface area (Å²) >= 11 is 0. The first-order valence-electron chi connectivity index (χ1n) is 7.89. The molecule has 2 atom stereocenters. The van der Waals surface area contributed by atoms with E-state index in [1.54, 1.807) is 19.3 Å². The van der Waals surface area contributed by atoms with E-state index in [1.165, 1.54) is 0 Å². The number of carbonyl (C=O) groups is 1. The number of carbonyl (C=O) groups excluding carboxylic acids is 1. The van der Waals surface area contributed by atoms with E-state index in [4.69, 9.17) is 14.2 Å². The van der Waals surface area contributed by atoms with Crippen LogP contribution in [0.4, 0.5) is 0 Å². The lowest BCUT2D eigenvalue weighted by Gasteiger charge is -2.29. The summed E-state index contributed by atoms with van der Waals surface area (Å²) in [7, 11) is 1.54. The lowest BCUT2D eigenvalue weighted by Crippen LogP contribution is -2.28. The van der Waals surface area contributed by atoms with Crippen LogP contribution in [-0.4, -0.2) is 24.1 Å². The van der Waals surface area contributed by atoms with Crippen LogP contribution in [0, 0.1) is 5.92 Å². The van der Waals surface area contributed by atoms with Crippen molar-refractivity contribution in [2.45, 2.75) is 25.9 Å². The maximum absolute atomic E-state index is 12.9. The third kappa shape index (κ3) is 1.97. The van der Waals surface area contributed by atoms with Gasteiger partial charge in [0.15, 0.2) is 17.3 Å². The molecular weight excluding hydrogens is 308 g/mol. The van der Waals surface area contributed by atoms with Gasteiger partial charge in [0.2, 0.25) is 0 Å². The van der Waals surface area contributed by atoms with Gasteiger partial charge < -0.3 is 19.3 Å². The zero-order valence-electron chi connectivity index (χ0n) is 13.6. The van der Waals surface area contributed by atoms with E-state index in [1.807, 2.05) is 13.0 Å². The van der Waals surface area contributed by atoms with Crippen molar-refractivity contribution >= 4 is 5.78 Å². The van der Waals surface area contributed by atoms with E-state index in [-0.39, 0.29) is 23.2 Å². The first kappa shape index (κ1) is 14.9. The monoisotopic (exact) mass is 326 g/mol. The average Bonchev–Trinajstić information content (AvgIpc) is 2.99. The number of methoxy groups -OCH3 is 1. The Hall–Kier alpha value is -2.69. The van der Waals surface area contributed by atoms with Gasteiger partial charge in [0.05, 0.1) is 13.0 Å². The fraction of sp³-hybridized carbons (Fsp3) is 0.316. The molecule has 2 heterocycles. The molecular formula is C19H18O5. The standard InChI is InChI=1S/C19H18O5/c1-9(2)13-7-11-14(23-13)8-15-16(18(11)21)17(20)10-5-4-6-12(22-3)19(10)24-15/h4,6,8,10,13,21H,1,5,7H2,2-3H3. The molecule has 1 aliphatic carbocycles. The van der Waals surface area contributed by atoms with Gasteiger partial charge in [-0.3, -0.25) is 4.79 Å². The highest BCUT2D eigenvalue weighted by molar-refractivity contribution is 6.06. The zero-order chi connectivity index (χ0) is 17.0. The van der Waals surface area contributed by atoms with Gasteiger partial charge >= 0.3 is 0 Å². The molecule has 0 saturated carbocycles. The van der Waals surface area contributed by atoms with Crippen molar-refractivity contribution in [1.82, 2.24) is 0 Å². The van der Waals surface area contributed by atoms with Gasteiger partial charge in [-0.15, -0.1) is 0 Å². The molecule has 5 heteroatoms. The maximum Gasteiger partial charge on any atom is 0.181 e. The molecule has 2 aliphatic heterocycles. The SMILES string of the molecule is C=C(C)C1Cc2c(cc3c(c2O)C(=O)C2CC=CC(OC)=C2O3)O1. The molecule has 3 aliphatic rings. The number of rotatable bonds is 2. The molecule has 1 aromatic rings. The highest BCUT2D eigenvalue weighted by Gasteiger charge is 2.41. The summed E-state index contributed by atoms with van der Waals surface area (Å²) in [6.07, 6.45) is 4.52. The lowest BCUT2D eigenvalue weighted by atomic mass is 9.85. The molecule has 0 fully saturated rings. The molecule has 24 heavy (non-hydrogen) atoms. The highest BCUT2D eigenvalue weighted by atomic mass is 16.5. The van der Waals surface area contributed by atoms with Crippen LogP contribution in [0.2, 0.25) is 0 Å². The summed E-state index contributed by atoms with van der Waals surface area (Å²) in [5.74, 6) is 1.23. The quantitative estimate of drug-likeness (QED) is 0.845. The van der Waals surface area contributed by atoms with E-state index in [2.05, 4.69) is 6.58 Å². The van der Waals surface area contributed by atoms with Crippen molar-refractivity contribution in [2.75, 3.05) is 7.11 Å². The number of hydrogen-bond donors (Lipinski definition) is 1. The number of allylic oxidation sites excluding steroid dienone is 3. The minimum atomic E-state index is -0.458. The maximum atomic E-state index is 12.9. The number of aromatic hydroxyl groups is 1. The Labute approximate surface area is 139 Å². The summed E-state index contributed by atoms with van der Waals surface area (Å²) in [5, 5.41) is 10.7. The number of ketones is 1. The second kappa shape index (κ2) is 5.16. The topological polar surface area (TPSA) is 65.0 Å². The summed E-state index contributed by atoms with van der Waals surface area (Å²) in [5.41, 5.74) is 1.75. The summed E-state index contributed by atoms with van der Waals surface area (Å²) in [6.45, 7) is 5.79. The Kier molecular flexibility index (Phi) is 3.20. The number of phenolic OH excluding ortho intramolecular Hbond substituents is 1. The number of Topliss-reactive ketones (excluding diaryl/α,β-unsaturated/α-hetero) is 1. The zero-order valence-corrected chi connectivity index (χ0v) is 13.6. The molecule has 0 spiro atoms. The third-order valence-electron chi connectivity index (χ3n) is 4.74. The molecule has 1 N–H and O–H groups in total. The predicted molar refractivity (Wildman–Crippen MR) is 87.3 cm³/mol. The van der Waals surface area contributed by atoms with Crippen LogP contribution in [0.15, 0.2) is 41.9 Å². The molecule has 0 saturated heterocycles. The first-order valence-corrected chi connectivity index (χ1v) is 7.89. The van der Waals surface area contributed by atoms with E-state index < -0.39 is 5.92 Å². The molecule has 4 rings (SSSR count). The molecule has 5 nitrogen and oxygen atoms in total. The second-order valence-electron chi connectivity index (χ2n) is 6.32. The Morgan fingerprint density at radius 3 is 2.92 bits per heavy atom. The fourth-order valence-corrected chi connectivity index (χ4v) is 3.42. The number of hydrogen-bond acceptors (Lipinski definition) is 5.